The Bertz CT molecular complexity index is 1030. The van der Waals surface area contributed by atoms with Gasteiger partial charge in [0.2, 0.25) is 0 Å². The molecule has 0 radical (unpaired) electrons. The van der Waals surface area contributed by atoms with E-state index in [1.54, 1.807) is 6.20 Å². The molecule has 0 saturated carbocycles. The predicted octanol–water partition coefficient (Wildman–Crippen LogP) is 3.51. The Balaban J connectivity index is 2.08. The lowest BCUT2D eigenvalue weighted by molar-refractivity contribution is 1.19. The number of fused-ring (bicyclic) bond motifs is 3. The lowest BCUT2D eigenvalue weighted by atomic mass is 10.1. The minimum Gasteiger partial charge on any atom is -0.305 e. The van der Waals surface area contributed by atoms with E-state index in [0.29, 0.717) is 10.5 Å². The van der Waals surface area contributed by atoms with Crippen LogP contribution in [0.2, 0.25) is 0 Å². The van der Waals surface area contributed by atoms with E-state index in [-0.39, 0.29) is 5.56 Å². The lowest BCUT2D eigenvalue weighted by Crippen LogP contribution is -2.07. The minimum atomic E-state index is -0.112. The first kappa shape index (κ1) is 12.2. The number of H-pyrrole nitrogens is 1. The number of pyridine rings is 1. The molecule has 4 aromatic rings. The molecule has 1 aromatic carbocycles. The van der Waals surface area contributed by atoms with Crippen LogP contribution in [0.3, 0.4) is 0 Å². The number of nitrogens with one attached hydrogen (secondary N) is 1. The van der Waals surface area contributed by atoms with Gasteiger partial charge >= 0.3 is 0 Å². The SMILES string of the molecule is Cc1cccc(-c2nc3c(sc4ncccc43)c(=O)[nH]2)c1. The maximum atomic E-state index is 12.3. The van der Waals surface area contributed by atoms with Crippen LogP contribution in [0.25, 0.3) is 31.8 Å². The van der Waals surface area contributed by atoms with Crippen LogP contribution in [0.15, 0.2) is 47.4 Å². The van der Waals surface area contributed by atoms with Crippen molar-refractivity contribution in [2.45, 2.75) is 6.92 Å². The van der Waals surface area contributed by atoms with E-state index in [1.165, 1.54) is 11.3 Å². The summed E-state index contributed by atoms with van der Waals surface area (Å²) in [4.78, 5) is 25.0. The topological polar surface area (TPSA) is 58.6 Å². The first-order chi connectivity index (χ1) is 10.2. The van der Waals surface area contributed by atoms with Crippen LogP contribution in [0, 0.1) is 6.92 Å². The number of hydrogen-bond donors (Lipinski definition) is 1. The van der Waals surface area contributed by atoms with E-state index in [0.717, 1.165) is 26.9 Å². The Kier molecular flexibility index (Phi) is 2.62. The van der Waals surface area contributed by atoms with Gasteiger partial charge in [-0.1, -0.05) is 23.8 Å². The van der Waals surface area contributed by atoms with Crippen molar-refractivity contribution in [3.8, 4) is 11.4 Å². The largest absolute Gasteiger partial charge is 0.305 e. The molecule has 0 atom stereocenters. The van der Waals surface area contributed by atoms with Gasteiger partial charge in [-0.3, -0.25) is 4.79 Å². The van der Waals surface area contributed by atoms with Crippen LogP contribution >= 0.6 is 11.3 Å². The van der Waals surface area contributed by atoms with E-state index in [1.807, 2.05) is 43.3 Å². The van der Waals surface area contributed by atoms with Gasteiger partial charge in [-0.25, -0.2) is 9.97 Å². The highest BCUT2D eigenvalue weighted by Gasteiger charge is 2.12. The zero-order chi connectivity index (χ0) is 14.4. The van der Waals surface area contributed by atoms with E-state index < -0.39 is 0 Å². The van der Waals surface area contributed by atoms with Crippen molar-refractivity contribution in [2.24, 2.45) is 0 Å². The first-order valence-corrected chi connectivity index (χ1v) is 7.38. The molecule has 21 heavy (non-hydrogen) atoms. The smallest absolute Gasteiger partial charge is 0.269 e. The van der Waals surface area contributed by atoms with Crippen LogP contribution < -0.4 is 5.56 Å². The van der Waals surface area contributed by atoms with E-state index >= 15 is 0 Å². The van der Waals surface area contributed by atoms with Gasteiger partial charge in [0.25, 0.3) is 5.56 Å². The minimum absolute atomic E-state index is 0.112. The van der Waals surface area contributed by atoms with Gasteiger partial charge in [0.15, 0.2) is 0 Å². The molecule has 0 saturated heterocycles. The average Bonchev–Trinajstić information content (AvgIpc) is 2.87. The number of benzene rings is 1. The third-order valence-corrected chi connectivity index (χ3v) is 4.49. The Morgan fingerprint density at radius 2 is 2.10 bits per heavy atom. The predicted molar refractivity (Wildman–Crippen MR) is 85.7 cm³/mol. The van der Waals surface area contributed by atoms with E-state index in [2.05, 4.69) is 15.0 Å². The normalized spacial score (nSPS) is 11.3. The molecule has 5 heteroatoms. The van der Waals surface area contributed by atoms with Gasteiger partial charge in [-0.05, 0) is 25.1 Å². The second-order valence-corrected chi connectivity index (χ2v) is 5.92. The van der Waals surface area contributed by atoms with Crippen LogP contribution in [0.4, 0.5) is 0 Å². The maximum Gasteiger partial charge on any atom is 0.269 e. The summed E-state index contributed by atoms with van der Waals surface area (Å²) in [6, 6.07) is 11.8. The maximum absolute atomic E-state index is 12.3. The molecule has 0 aliphatic rings. The summed E-state index contributed by atoms with van der Waals surface area (Å²) < 4.78 is 0.625. The Morgan fingerprint density at radius 3 is 2.95 bits per heavy atom. The van der Waals surface area contributed by atoms with E-state index in [9.17, 15) is 4.79 Å². The average molecular weight is 293 g/mol. The van der Waals surface area contributed by atoms with Crippen molar-refractivity contribution in [2.75, 3.05) is 0 Å². The number of aryl methyl sites for hydroxylation is 1. The fourth-order valence-electron chi connectivity index (χ4n) is 2.42. The third kappa shape index (κ3) is 1.94. The van der Waals surface area contributed by atoms with Gasteiger partial charge in [-0.15, -0.1) is 11.3 Å². The summed E-state index contributed by atoms with van der Waals surface area (Å²) in [5.41, 5.74) is 2.66. The number of thiophene rings is 1. The molecule has 102 valence electrons. The summed E-state index contributed by atoms with van der Waals surface area (Å²) in [5.74, 6) is 0.597. The Morgan fingerprint density at radius 1 is 1.19 bits per heavy atom. The van der Waals surface area contributed by atoms with Crippen LogP contribution in [0.1, 0.15) is 5.56 Å². The van der Waals surface area contributed by atoms with Crippen molar-refractivity contribution in [3.05, 3.63) is 58.5 Å². The zero-order valence-corrected chi connectivity index (χ0v) is 12.1. The standard InChI is InChI=1S/C16H11N3OS/c1-9-4-2-5-10(8-9)14-18-12-11-6-3-7-17-16(11)21-13(12)15(20)19-14/h2-8H,1H3,(H,18,19,20). The Labute approximate surface area is 124 Å². The van der Waals surface area contributed by atoms with Gasteiger partial charge in [-0.2, -0.15) is 0 Å². The summed E-state index contributed by atoms with van der Waals surface area (Å²) in [5, 5.41) is 0.928. The Hall–Kier alpha value is -2.53. The number of nitrogens with zero attached hydrogens (tertiary/aromatic N) is 2. The fraction of sp³-hybridized carbons (Fsp3) is 0.0625. The molecular weight excluding hydrogens is 282 g/mol. The van der Waals surface area contributed by atoms with Crippen molar-refractivity contribution in [1.82, 2.24) is 15.0 Å². The second kappa shape index (κ2) is 4.49. The van der Waals surface area contributed by atoms with Crippen molar-refractivity contribution < 1.29 is 0 Å². The molecular formula is C16H11N3OS. The van der Waals surface area contributed by atoms with Gasteiger partial charge in [0, 0.05) is 17.1 Å². The molecule has 0 spiro atoms. The number of aromatic amines is 1. The second-order valence-electron chi connectivity index (χ2n) is 4.92. The van der Waals surface area contributed by atoms with Crippen LogP contribution in [-0.2, 0) is 0 Å². The van der Waals surface area contributed by atoms with Crippen molar-refractivity contribution in [1.29, 1.82) is 0 Å². The van der Waals surface area contributed by atoms with E-state index in [4.69, 9.17) is 0 Å². The number of aromatic nitrogens is 3. The molecule has 0 unspecified atom stereocenters. The summed E-state index contributed by atoms with van der Waals surface area (Å²) in [6.07, 6.45) is 1.73. The highest BCUT2D eigenvalue weighted by atomic mass is 32.1. The highest BCUT2D eigenvalue weighted by Crippen LogP contribution is 2.29. The summed E-state index contributed by atoms with van der Waals surface area (Å²) in [7, 11) is 0. The molecule has 4 nitrogen and oxygen atoms in total. The molecule has 3 aromatic heterocycles. The van der Waals surface area contributed by atoms with Gasteiger partial charge < -0.3 is 4.98 Å². The molecule has 0 fully saturated rings. The molecule has 0 aliphatic carbocycles. The molecule has 3 heterocycles. The molecule has 0 bridgehead atoms. The molecule has 0 amide bonds. The highest BCUT2D eigenvalue weighted by molar-refractivity contribution is 7.25. The monoisotopic (exact) mass is 293 g/mol. The summed E-state index contributed by atoms with van der Waals surface area (Å²) >= 11 is 1.38. The first-order valence-electron chi connectivity index (χ1n) is 6.57. The quantitative estimate of drug-likeness (QED) is 0.584. The molecule has 1 N–H and O–H groups in total. The number of hydrogen-bond acceptors (Lipinski definition) is 4. The molecule has 4 rings (SSSR count). The summed E-state index contributed by atoms with van der Waals surface area (Å²) in [6.45, 7) is 2.02. The van der Waals surface area contributed by atoms with Crippen molar-refractivity contribution in [3.63, 3.8) is 0 Å². The lowest BCUT2D eigenvalue weighted by Gasteiger charge is -2.02. The van der Waals surface area contributed by atoms with Gasteiger partial charge in [0.1, 0.15) is 15.4 Å². The number of rotatable bonds is 1. The molecule has 0 aliphatic heterocycles. The third-order valence-electron chi connectivity index (χ3n) is 3.39. The van der Waals surface area contributed by atoms with Crippen LogP contribution in [-0.4, -0.2) is 15.0 Å². The van der Waals surface area contributed by atoms with Crippen LogP contribution in [0.5, 0.6) is 0 Å². The van der Waals surface area contributed by atoms with Crippen molar-refractivity contribution >= 4 is 31.8 Å². The fourth-order valence-corrected chi connectivity index (χ4v) is 3.40. The van der Waals surface area contributed by atoms with Gasteiger partial charge in [0.05, 0.1) is 5.52 Å². The zero-order valence-electron chi connectivity index (χ0n) is 11.3.